The molecule has 3 rings (SSSR count). The SMILES string of the molecule is COc1ccc(-c2cc3c(C(=O)O)c[nH]c3cc2C)cc1. The minimum Gasteiger partial charge on any atom is -0.497 e. The van der Waals surface area contributed by atoms with Crippen molar-refractivity contribution < 1.29 is 14.6 Å². The van der Waals surface area contributed by atoms with Crippen LogP contribution in [0.3, 0.4) is 0 Å². The highest BCUT2D eigenvalue weighted by Crippen LogP contribution is 2.30. The first-order chi connectivity index (χ1) is 10.1. The van der Waals surface area contributed by atoms with Gasteiger partial charge in [0.25, 0.3) is 0 Å². The van der Waals surface area contributed by atoms with Crippen LogP contribution in [-0.2, 0) is 0 Å². The molecule has 0 bridgehead atoms. The number of rotatable bonds is 3. The number of benzene rings is 2. The molecule has 3 aromatic rings. The number of aryl methyl sites for hydroxylation is 1. The van der Waals surface area contributed by atoms with Crippen molar-refractivity contribution in [3.8, 4) is 16.9 Å². The molecule has 106 valence electrons. The van der Waals surface area contributed by atoms with Crippen molar-refractivity contribution in [2.75, 3.05) is 7.11 Å². The highest BCUT2D eigenvalue weighted by molar-refractivity contribution is 6.04. The Balaban J connectivity index is 2.18. The fourth-order valence-electron chi connectivity index (χ4n) is 2.54. The predicted molar refractivity (Wildman–Crippen MR) is 82.0 cm³/mol. The van der Waals surface area contributed by atoms with Gasteiger partial charge in [-0.2, -0.15) is 0 Å². The Kier molecular flexibility index (Phi) is 3.14. The molecule has 1 heterocycles. The van der Waals surface area contributed by atoms with E-state index in [1.807, 2.05) is 43.3 Å². The smallest absolute Gasteiger partial charge is 0.337 e. The van der Waals surface area contributed by atoms with E-state index in [9.17, 15) is 9.90 Å². The van der Waals surface area contributed by atoms with Crippen molar-refractivity contribution in [2.45, 2.75) is 6.92 Å². The van der Waals surface area contributed by atoms with Gasteiger partial charge >= 0.3 is 5.97 Å². The van der Waals surface area contributed by atoms with Gasteiger partial charge in [-0.15, -0.1) is 0 Å². The van der Waals surface area contributed by atoms with Gasteiger partial charge in [-0.3, -0.25) is 0 Å². The van der Waals surface area contributed by atoms with Gasteiger partial charge in [0, 0.05) is 17.1 Å². The average Bonchev–Trinajstić information content (AvgIpc) is 2.89. The summed E-state index contributed by atoms with van der Waals surface area (Å²) in [4.78, 5) is 14.3. The Bertz CT molecular complexity index is 816. The van der Waals surface area contributed by atoms with E-state index < -0.39 is 5.97 Å². The molecule has 0 aliphatic carbocycles. The van der Waals surface area contributed by atoms with Crippen LogP contribution in [0.15, 0.2) is 42.6 Å². The molecule has 1 aromatic heterocycles. The number of H-pyrrole nitrogens is 1. The first kappa shape index (κ1) is 13.2. The largest absolute Gasteiger partial charge is 0.497 e. The van der Waals surface area contributed by atoms with Crippen molar-refractivity contribution in [1.29, 1.82) is 0 Å². The van der Waals surface area contributed by atoms with Crippen molar-refractivity contribution in [2.24, 2.45) is 0 Å². The first-order valence-electron chi connectivity index (χ1n) is 6.59. The van der Waals surface area contributed by atoms with Gasteiger partial charge in [0.2, 0.25) is 0 Å². The summed E-state index contributed by atoms with van der Waals surface area (Å²) in [6.07, 6.45) is 1.53. The molecule has 0 amide bonds. The molecular weight excluding hydrogens is 266 g/mol. The molecule has 0 aliphatic rings. The maximum Gasteiger partial charge on any atom is 0.337 e. The standard InChI is InChI=1S/C17H15NO3/c1-10-7-16-14(15(9-18-16)17(19)20)8-13(10)11-3-5-12(21-2)6-4-11/h3-9,18H,1-2H3,(H,19,20). The van der Waals surface area contributed by atoms with Crippen molar-refractivity contribution in [3.05, 3.63) is 53.7 Å². The molecule has 2 N–H and O–H groups in total. The number of methoxy groups -OCH3 is 1. The van der Waals surface area contributed by atoms with E-state index in [-0.39, 0.29) is 0 Å². The predicted octanol–water partition coefficient (Wildman–Crippen LogP) is 3.85. The lowest BCUT2D eigenvalue weighted by molar-refractivity contribution is 0.0699. The lowest BCUT2D eigenvalue weighted by Gasteiger charge is -2.08. The van der Waals surface area contributed by atoms with Crippen LogP contribution in [0, 0.1) is 6.92 Å². The lowest BCUT2D eigenvalue weighted by Crippen LogP contribution is -1.94. The number of carboxylic acids is 1. The van der Waals surface area contributed by atoms with E-state index in [2.05, 4.69) is 4.98 Å². The summed E-state index contributed by atoms with van der Waals surface area (Å²) >= 11 is 0. The second-order valence-corrected chi connectivity index (χ2v) is 4.95. The quantitative estimate of drug-likeness (QED) is 0.766. The van der Waals surface area contributed by atoms with Crippen molar-refractivity contribution >= 4 is 16.9 Å². The van der Waals surface area contributed by atoms with Gasteiger partial charge in [0.1, 0.15) is 5.75 Å². The summed E-state index contributed by atoms with van der Waals surface area (Å²) in [5.41, 5.74) is 4.27. The van der Waals surface area contributed by atoms with Crippen LogP contribution in [0.2, 0.25) is 0 Å². The molecule has 0 aliphatic heterocycles. The molecule has 0 saturated carbocycles. The third-order valence-corrected chi connectivity index (χ3v) is 3.66. The number of fused-ring (bicyclic) bond motifs is 1. The van der Waals surface area contributed by atoms with E-state index in [4.69, 9.17) is 4.74 Å². The van der Waals surface area contributed by atoms with Crippen LogP contribution in [-0.4, -0.2) is 23.2 Å². The van der Waals surface area contributed by atoms with Crippen LogP contribution in [0.25, 0.3) is 22.0 Å². The zero-order valence-corrected chi connectivity index (χ0v) is 11.8. The molecule has 0 spiro atoms. The van der Waals surface area contributed by atoms with E-state index in [0.717, 1.165) is 33.3 Å². The third-order valence-electron chi connectivity index (χ3n) is 3.66. The monoisotopic (exact) mass is 281 g/mol. The first-order valence-corrected chi connectivity index (χ1v) is 6.59. The zero-order chi connectivity index (χ0) is 15.0. The summed E-state index contributed by atoms with van der Waals surface area (Å²) in [5, 5.41) is 9.96. The number of hydrogen-bond acceptors (Lipinski definition) is 2. The molecule has 0 unspecified atom stereocenters. The Morgan fingerprint density at radius 3 is 2.52 bits per heavy atom. The van der Waals surface area contributed by atoms with Gasteiger partial charge < -0.3 is 14.8 Å². The number of carboxylic acid groups (broad SMARTS) is 1. The number of aromatic amines is 1. The maximum absolute atomic E-state index is 11.3. The molecular formula is C17H15NO3. The maximum atomic E-state index is 11.3. The summed E-state index contributed by atoms with van der Waals surface area (Å²) in [6.45, 7) is 2.01. The number of aromatic carboxylic acids is 1. The Hall–Kier alpha value is -2.75. The zero-order valence-electron chi connectivity index (χ0n) is 11.8. The Labute approximate surface area is 122 Å². The van der Waals surface area contributed by atoms with Gasteiger partial charge in [-0.1, -0.05) is 12.1 Å². The number of hydrogen-bond donors (Lipinski definition) is 2. The second kappa shape index (κ2) is 4.98. The summed E-state index contributed by atoms with van der Waals surface area (Å²) in [7, 11) is 1.63. The molecule has 0 radical (unpaired) electrons. The van der Waals surface area contributed by atoms with E-state index >= 15 is 0 Å². The molecule has 0 atom stereocenters. The average molecular weight is 281 g/mol. The highest BCUT2D eigenvalue weighted by atomic mass is 16.5. The third kappa shape index (κ3) is 2.25. The Morgan fingerprint density at radius 1 is 1.19 bits per heavy atom. The van der Waals surface area contributed by atoms with Gasteiger partial charge in [-0.25, -0.2) is 4.79 Å². The van der Waals surface area contributed by atoms with Crippen LogP contribution >= 0.6 is 0 Å². The van der Waals surface area contributed by atoms with Crippen molar-refractivity contribution in [3.63, 3.8) is 0 Å². The Morgan fingerprint density at radius 2 is 1.90 bits per heavy atom. The number of nitrogens with one attached hydrogen (secondary N) is 1. The van der Waals surface area contributed by atoms with E-state index in [1.54, 1.807) is 7.11 Å². The van der Waals surface area contributed by atoms with Crippen LogP contribution in [0.5, 0.6) is 5.75 Å². The topological polar surface area (TPSA) is 62.3 Å². The van der Waals surface area contributed by atoms with Gasteiger partial charge in [-0.05, 0) is 47.9 Å². The minimum atomic E-state index is -0.925. The van der Waals surface area contributed by atoms with Crippen LogP contribution < -0.4 is 4.74 Å². The second-order valence-electron chi connectivity index (χ2n) is 4.95. The molecule has 0 fully saturated rings. The highest BCUT2D eigenvalue weighted by Gasteiger charge is 2.13. The summed E-state index contributed by atoms with van der Waals surface area (Å²) < 4.78 is 5.16. The van der Waals surface area contributed by atoms with Crippen LogP contribution in [0.1, 0.15) is 15.9 Å². The van der Waals surface area contributed by atoms with Gasteiger partial charge in [0.05, 0.1) is 12.7 Å². The molecule has 4 nitrogen and oxygen atoms in total. The lowest BCUT2D eigenvalue weighted by atomic mass is 9.97. The fourth-order valence-corrected chi connectivity index (χ4v) is 2.54. The fraction of sp³-hybridized carbons (Fsp3) is 0.118. The molecule has 21 heavy (non-hydrogen) atoms. The minimum absolute atomic E-state index is 0.291. The molecule has 4 heteroatoms. The number of carbonyl (C=O) groups is 1. The van der Waals surface area contributed by atoms with Crippen molar-refractivity contribution in [1.82, 2.24) is 4.98 Å². The normalized spacial score (nSPS) is 10.8. The number of aromatic nitrogens is 1. The molecule has 0 saturated heterocycles. The number of ether oxygens (including phenoxy) is 1. The van der Waals surface area contributed by atoms with Crippen LogP contribution in [0.4, 0.5) is 0 Å². The summed E-state index contributed by atoms with van der Waals surface area (Å²) in [6, 6.07) is 11.6. The summed E-state index contributed by atoms with van der Waals surface area (Å²) in [5.74, 6) is -0.129. The molecule has 2 aromatic carbocycles. The van der Waals surface area contributed by atoms with E-state index in [1.165, 1.54) is 6.20 Å². The van der Waals surface area contributed by atoms with E-state index in [0.29, 0.717) is 5.56 Å². The van der Waals surface area contributed by atoms with Gasteiger partial charge in [0.15, 0.2) is 0 Å².